The van der Waals surface area contributed by atoms with Crippen molar-refractivity contribution in [3.8, 4) is 17.0 Å². The lowest BCUT2D eigenvalue weighted by Crippen LogP contribution is -2.34. The predicted octanol–water partition coefficient (Wildman–Crippen LogP) is 3.47. The number of halogens is 1. The van der Waals surface area contributed by atoms with Crippen LogP contribution in [-0.2, 0) is 0 Å². The third-order valence-electron chi connectivity index (χ3n) is 4.85. The molecule has 1 aliphatic heterocycles. The van der Waals surface area contributed by atoms with Gasteiger partial charge in [-0.05, 0) is 43.2 Å². The normalized spacial score (nSPS) is 15.0. The first kappa shape index (κ1) is 17.3. The Morgan fingerprint density at radius 3 is 2.44 bits per heavy atom. The molecule has 1 aliphatic rings. The number of benzene rings is 1. The van der Waals surface area contributed by atoms with Crippen molar-refractivity contribution >= 4 is 5.82 Å². The SMILES string of the molecule is COc1ccc(-c2ccnc(C3CCN(c4cnc(F)cn4)CC3)n2)cc1. The highest BCUT2D eigenvalue weighted by Crippen LogP contribution is 2.29. The van der Waals surface area contributed by atoms with Crippen molar-refractivity contribution in [3.63, 3.8) is 0 Å². The van der Waals surface area contributed by atoms with E-state index in [2.05, 4.69) is 19.9 Å². The van der Waals surface area contributed by atoms with Gasteiger partial charge in [-0.25, -0.2) is 19.9 Å². The van der Waals surface area contributed by atoms with Crippen LogP contribution in [0.4, 0.5) is 10.2 Å². The maximum Gasteiger partial charge on any atom is 0.231 e. The Hall–Kier alpha value is -3.09. The molecule has 0 N–H and O–H groups in total. The molecule has 3 aromatic rings. The zero-order valence-electron chi connectivity index (χ0n) is 15.0. The number of anilines is 1. The molecule has 4 rings (SSSR count). The summed E-state index contributed by atoms with van der Waals surface area (Å²) in [6.45, 7) is 1.64. The van der Waals surface area contributed by atoms with Gasteiger partial charge in [-0.15, -0.1) is 0 Å². The molecule has 1 aromatic carbocycles. The van der Waals surface area contributed by atoms with Crippen molar-refractivity contribution in [2.24, 2.45) is 0 Å². The van der Waals surface area contributed by atoms with Crippen molar-refractivity contribution < 1.29 is 9.13 Å². The molecule has 0 aliphatic carbocycles. The minimum Gasteiger partial charge on any atom is -0.497 e. The molecular weight excluding hydrogens is 345 g/mol. The summed E-state index contributed by atoms with van der Waals surface area (Å²) in [4.78, 5) is 19.2. The largest absolute Gasteiger partial charge is 0.497 e. The van der Waals surface area contributed by atoms with Crippen LogP contribution in [0.1, 0.15) is 24.6 Å². The van der Waals surface area contributed by atoms with Crippen LogP contribution in [0.3, 0.4) is 0 Å². The van der Waals surface area contributed by atoms with Crippen molar-refractivity contribution in [3.05, 3.63) is 60.7 Å². The maximum absolute atomic E-state index is 12.9. The Balaban J connectivity index is 1.46. The van der Waals surface area contributed by atoms with Crippen LogP contribution in [-0.4, -0.2) is 40.1 Å². The first-order valence-electron chi connectivity index (χ1n) is 8.93. The molecule has 0 atom stereocenters. The van der Waals surface area contributed by atoms with Crippen LogP contribution in [0, 0.1) is 5.95 Å². The molecule has 1 fully saturated rings. The molecule has 0 unspecified atom stereocenters. The maximum atomic E-state index is 12.9. The minimum atomic E-state index is -0.558. The summed E-state index contributed by atoms with van der Waals surface area (Å²) in [6.07, 6.45) is 6.30. The number of hydrogen-bond donors (Lipinski definition) is 0. The minimum absolute atomic E-state index is 0.299. The number of piperidine rings is 1. The lowest BCUT2D eigenvalue weighted by molar-refractivity contribution is 0.415. The second-order valence-electron chi connectivity index (χ2n) is 6.49. The topological polar surface area (TPSA) is 64.0 Å². The van der Waals surface area contributed by atoms with Crippen molar-refractivity contribution in [2.75, 3.05) is 25.1 Å². The van der Waals surface area contributed by atoms with Crippen molar-refractivity contribution in [2.45, 2.75) is 18.8 Å². The summed E-state index contributed by atoms with van der Waals surface area (Å²) >= 11 is 0. The van der Waals surface area contributed by atoms with E-state index in [0.29, 0.717) is 11.7 Å². The van der Waals surface area contributed by atoms with E-state index in [1.807, 2.05) is 36.5 Å². The predicted molar refractivity (Wildman–Crippen MR) is 100 cm³/mol. The van der Waals surface area contributed by atoms with E-state index in [4.69, 9.17) is 9.72 Å². The Bertz CT molecular complexity index is 893. The van der Waals surface area contributed by atoms with Gasteiger partial charge in [0, 0.05) is 30.8 Å². The number of methoxy groups -OCH3 is 1. The van der Waals surface area contributed by atoms with E-state index in [1.165, 1.54) is 6.20 Å². The van der Waals surface area contributed by atoms with E-state index in [9.17, 15) is 4.39 Å². The number of ether oxygens (including phenoxy) is 1. The second kappa shape index (κ2) is 7.65. The lowest BCUT2D eigenvalue weighted by Gasteiger charge is -2.31. The number of rotatable bonds is 4. The van der Waals surface area contributed by atoms with Crippen molar-refractivity contribution in [1.82, 2.24) is 19.9 Å². The van der Waals surface area contributed by atoms with Gasteiger partial charge >= 0.3 is 0 Å². The summed E-state index contributed by atoms with van der Waals surface area (Å²) < 4.78 is 18.2. The van der Waals surface area contributed by atoms with Gasteiger partial charge in [0.2, 0.25) is 5.95 Å². The molecule has 3 heterocycles. The lowest BCUT2D eigenvalue weighted by atomic mass is 9.95. The number of aromatic nitrogens is 4. The number of nitrogens with zero attached hydrogens (tertiary/aromatic N) is 5. The molecular formula is C20H20FN5O. The average molecular weight is 365 g/mol. The first-order chi connectivity index (χ1) is 13.2. The molecule has 138 valence electrons. The zero-order chi connectivity index (χ0) is 18.6. The van der Waals surface area contributed by atoms with E-state index in [0.717, 1.165) is 55.0 Å². The molecule has 27 heavy (non-hydrogen) atoms. The zero-order valence-corrected chi connectivity index (χ0v) is 15.0. The quantitative estimate of drug-likeness (QED) is 0.705. The molecule has 0 saturated carbocycles. The first-order valence-corrected chi connectivity index (χ1v) is 8.93. The van der Waals surface area contributed by atoms with E-state index in [1.54, 1.807) is 7.11 Å². The Morgan fingerprint density at radius 1 is 1.00 bits per heavy atom. The van der Waals surface area contributed by atoms with Crippen LogP contribution in [0.15, 0.2) is 48.9 Å². The standard InChI is InChI=1S/C20H20FN5O/c1-27-16-4-2-14(3-5-16)17-6-9-22-20(25-17)15-7-10-26(11-8-15)19-13-23-18(21)12-24-19/h2-6,9,12-13,15H,7-8,10-11H2,1H3. The fraction of sp³-hybridized carbons (Fsp3) is 0.300. The Labute approximate surface area is 157 Å². The van der Waals surface area contributed by atoms with Gasteiger partial charge in [-0.1, -0.05) is 0 Å². The molecule has 0 spiro atoms. The van der Waals surface area contributed by atoms with E-state index >= 15 is 0 Å². The molecule has 0 amide bonds. The van der Waals surface area contributed by atoms with Crippen LogP contribution < -0.4 is 9.64 Å². The summed E-state index contributed by atoms with van der Waals surface area (Å²) in [5.41, 5.74) is 1.95. The average Bonchev–Trinajstić information content (AvgIpc) is 2.75. The fourth-order valence-corrected chi connectivity index (χ4v) is 3.33. The third-order valence-corrected chi connectivity index (χ3v) is 4.85. The highest BCUT2D eigenvalue weighted by molar-refractivity contribution is 5.59. The number of hydrogen-bond acceptors (Lipinski definition) is 6. The summed E-state index contributed by atoms with van der Waals surface area (Å²) in [5, 5.41) is 0. The van der Waals surface area contributed by atoms with E-state index < -0.39 is 5.95 Å². The summed E-state index contributed by atoms with van der Waals surface area (Å²) in [5.74, 6) is 2.14. The molecule has 0 radical (unpaired) electrons. The van der Waals surface area contributed by atoms with Crippen LogP contribution in [0.2, 0.25) is 0 Å². The van der Waals surface area contributed by atoms with E-state index in [-0.39, 0.29) is 0 Å². The molecule has 2 aromatic heterocycles. The highest BCUT2D eigenvalue weighted by Gasteiger charge is 2.24. The van der Waals surface area contributed by atoms with Crippen LogP contribution in [0.25, 0.3) is 11.3 Å². The van der Waals surface area contributed by atoms with Gasteiger partial charge in [-0.3, -0.25) is 0 Å². The van der Waals surface area contributed by atoms with Gasteiger partial charge in [-0.2, -0.15) is 4.39 Å². The van der Waals surface area contributed by atoms with Gasteiger partial charge < -0.3 is 9.64 Å². The van der Waals surface area contributed by atoms with Gasteiger partial charge in [0.05, 0.1) is 25.2 Å². The second-order valence-corrected chi connectivity index (χ2v) is 6.49. The smallest absolute Gasteiger partial charge is 0.231 e. The van der Waals surface area contributed by atoms with Gasteiger partial charge in [0.15, 0.2) is 0 Å². The molecule has 6 nitrogen and oxygen atoms in total. The molecule has 7 heteroatoms. The monoisotopic (exact) mass is 365 g/mol. The van der Waals surface area contributed by atoms with Crippen LogP contribution >= 0.6 is 0 Å². The molecule has 1 saturated heterocycles. The van der Waals surface area contributed by atoms with Gasteiger partial charge in [0.25, 0.3) is 0 Å². The van der Waals surface area contributed by atoms with Crippen LogP contribution in [0.5, 0.6) is 5.75 Å². The fourth-order valence-electron chi connectivity index (χ4n) is 3.33. The highest BCUT2D eigenvalue weighted by atomic mass is 19.1. The Morgan fingerprint density at radius 2 is 1.78 bits per heavy atom. The molecule has 0 bridgehead atoms. The van der Waals surface area contributed by atoms with Crippen molar-refractivity contribution in [1.29, 1.82) is 0 Å². The summed E-state index contributed by atoms with van der Waals surface area (Å²) in [7, 11) is 1.65. The Kier molecular flexibility index (Phi) is 4.91. The third kappa shape index (κ3) is 3.86. The van der Waals surface area contributed by atoms with Gasteiger partial charge in [0.1, 0.15) is 17.4 Å². The summed E-state index contributed by atoms with van der Waals surface area (Å²) in [6, 6.07) is 9.79.